The molecule has 2 amide bonds. The fourth-order valence-corrected chi connectivity index (χ4v) is 2.41. The van der Waals surface area contributed by atoms with E-state index >= 15 is 0 Å². The van der Waals surface area contributed by atoms with Crippen molar-refractivity contribution >= 4 is 34.8 Å². The highest BCUT2D eigenvalue weighted by Crippen LogP contribution is 2.25. The fourth-order valence-electron chi connectivity index (χ4n) is 2.41. The van der Waals surface area contributed by atoms with Crippen molar-refractivity contribution in [3.8, 4) is 0 Å². The molecule has 2 heterocycles. The highest BCUT2D eigenvalue weighted by atomic mass is 16.2. The van der Waals surface area contributed by atoms with Gasteiger partial charge in [0.1, 0.15) is 11.9 Å². The van der Waals surface area contributed by atoms with Crippen LogP contribution >= 0.6 is 0 Å². The maximum absolute atomic E-state index is 11.8. The molecule has 1 aliphatic rings. The zero-order chi connectivity index (χ0) is 15.0. The van der Waals surface area contributed by atoms with Crippen LogP contribution < -0.4 is 10.2 Å². The number of fused-ring (bicyclic) bond motifs is 1. The first-order chi connectivity index (χ1) is 10.1. The summed E-state index contributed by atoms with van der Waals surface area (Å²) in [6.07, 6.45) is 0.693. The summed E-state index contributed by atoms with van der Waals surface area (Å²) in [6, 6.07) is 8.54. The summed E-state index contributed by atoms with van der Waals surface area (Å²) in [7, 11) is 0. The number of hydrogen-bond donors (Lipinski definition) is 1. The molecule has 21 heavy (non-hydrogen) atoms. The van der Waals surface area contributed by atoms with E-state index < -0.39 is 17.9 Å². The lowest BCUT2D eigenvalue weighted by Gasteiger charge is -2.33. The molecule has 1 atom stereocenters. The second-order valence-corrected chi connectivity index (χ2v) is 4.93. The lowest BCUT2D eigenvalue weighted by molar-refractivity contribution is -0.132. The monoisotopic (exact) mass is 283 g/mol. The number of pyridine rings is 1. The van der Waals surface area contributed by atoms with Crippen LogP contribution in [0, 0.1) is 0 Å². The molecule has 1 N–H and O–H groups in total. The summed E-state index contributed by atoms with van der Waals surface area (Å²) in [5.41, 5.74) is 1.08. The number of imide groups is 1. The van der Waals surface area contributed by atoms with Gasteiger partial charge in [-0.3, -0.25) is 19.7 Å². The number of carbonyl (C=O) groups is 3. The highest BCUT2D eigenvalue weighted by molar-refractivity contribution is 6.05. The van der Waals surface area contributed by atoms with Crippen LogP contribution in [0.25, 0.3) is 10.9 Å². The number of aromatic nitrogens is 1. The summed E-state index contributed by atoms with van der Waals surface area (Å²) in [4.78, 5) is 40.7. The van der Waals surface area contributed by atoms with Crippen LogP contribution in [0.3, 0.4) is 0 Å². The molecule has 1 saturated heterocycles. The third-order valence-corrected chi connectivity index (χ3v) is 3.55. The third-order valence-electron chi connectivity index (χ3n) is 3.55. The van der Waals surface area contributed by atoms with Crippen molar-refractivity contribution in [3.05, 3.63) is 35.9 Å². The molecule has 0 bridgehead atoms. The molecule has 0 aliphatic carbocycles. The zero-order valence-electron chi connectivity index (χ0n) is 11.4. The van der Waals surface area contributed by atoms with Gasteiger partial charge in [0.25, 0.3) is 0 Å². The molecule has 3 rings (SSSR count). The van der Waals surface area contributed by atoms with Crippen LogP contribution in [-0.2, 0) is 9.59 Å². The number of carbonyl (C=O) groups excluding carboxylic acids is 3. The minimum atomic E-state index is -0.560. The summed E-state index contributed by atoms with van der Waals surface area (Å²) < 4.78 is 0. The van der Waals surface area contributed by atoms with E-state index in [2.05, 4.69) is 10.3 Å². The van der Waals surface area contributed by atoms with Crippen LogP contribution in [0.5, 0.6) is 0 Å². The van der Waals surface area contributed by atoms with E-state index in [1.54, 1.807) is 17.9 Å². The first kappa shape index (κ1) is 13.2. The Labute approximate surface area is 120 Å². The number of para-hydroxylation sites is 1. The number of anilines is 1. The highest BCUT2D eigenvalue weighted by Gasteiger charge is 2.32. The van der Waals surface area contributed by atoms with Crippen LogP contribution in [0.2, 0.25) is 0 Å². The zero-order valence-corrected chi connectivity index (χ0v) is 11.4. The van der Waals surface area contributed by atoms with Crippen LogP contribution in [0.4, 0.5) is 5.82 Å². The molecule has 1 unspecified atom stereocenters. The molecular weight excluding hydrogens is 270 g/mol. The average Bonchev–Trinajstić information content (AvgIpc) is 2.49. The first-order valence-corrected chi connectivity index (χ1v) is 6.55. The number of piperazine rings is 1. The minimum Gasteiger partial charge on any atom is -0.335 e. The van der Waals surface area contributed by atoms with Crippen molar-refractivity contribution in [1.29, 1.82) is 0 Å². The molecule has 0 spiro atoms. The van der Waals surface area contributed by atoms with Crippen molar-refractivity contribution < 1.29 is 14.4 Å². The van der Waals surface area contributed by atoms with Gasteiger partial charge < -0.3 is 4.90 Å². The quantitative estimate of drug-likeness (QED) is 0.654. The lowest BCUT2D eigenvalue weighted by atomic mass is 10.1. The largest absolute Gasteiger partial charge is 0.335 e. The van der Waals surface area contributed by atoms with E-state index in [9.17, 15) is 14.4 Å². The molecule has 6 heteroatoms. The van der Waals surface area contributed by atoms with Crippen molar-refractivity contribution in [2.24, 2.45) is 0 Å². The Morgan fingerprint density at radius 2 is 2.10 bits per heavy atom. The third kappa shape index (κ3) is 2.24. The van der Waals surface area contributed by atoms with Crippen LogP contribution in [0.15, 0.2) is 30.3 Å². The molecule has 106 valence electrons. The summed E-state index contributed by atoms with van der Waals surface area (Å²) >= 11 is 0. The number of nitrogens with one attached hydrogen (secondary N) is 1. The first-order valence-electron chi connectivity index (χ1n) is 6.55. The second kappa shape index (κ2) is 4.97. The normalized spacial score (nSPS) is 18.7. The molecule has 2 aromatic rings. The van der Waals surface area contributed by atoms with E-state index in [1.165, 1.54) is 0 Å². The Morgan fingerprint density at radius 3 is 2.86 bits per heavy atom. The van der Waals surface area contributed by atoms with Gasteiger partial charge in [-0.15, -0.1) is 0 Å². The molecular formula is C15H13N3O3. The van der Waals surface area contributed by atoms with Gasteiger partial charge in [0.2, 0.25) is 11.8 Å². The van der Waals surface area contributed by atoms with E-state index in [1.807, 2.05) is 24.3 Å². The molecule has 1 aromatic heterocycles. The number of nitrogens with zero attached hydrogens (tertiary/aromatic N) is 2. The standard InChI is InChI=1S/C15H13N3O3/c1-9-15(21)17-13(20)7-18(9)14-11(8-19)6-10-4-2-3-5-12(10)16-14/h2-6,8-9H,7H2,1H3,(H,17,20,21). The fraction of sp³-hybridized carbons (Fsp3) is 0.200. The number of aldehydes is 1. The molecule has 1 aromatic carbocycles. The smallest absolute Gasteiger partial charge is 0.249 e. The summed E-state index contributed by atoms with van der Waals surface area (Å²) in [5.74, 6) is -0.428. The van der Waals surface area contributed by atoms with Crippen molar-refractivity contribution in [1.82, 2.24) is 10.3 Å². The topological polar surface area (TPSA) is 79.4 Å². The van der Waals surface area contributed by atoms with Crippen LogP contribution in [-0.4, -0.2) is 35.7 Å². The van der Waals surface area contributed by atoms with Gasteiger partial charge in [-0.2, -0.15) is 0 Å². The average molecular weight is 283 g/mol. The Bertz CT molecular complexity index is 757. The minimum absolute atomic E-state index is 0.000906. The maximum Gasteiger partial charge on any atom is 0.249 e. The summed E-state index contributed by atoms with van der Waals surface area (Å²) in [6.45, 7) is 1.67. The van der Waals surface area contributed by atoms with E-state index in [-0.39, 0.29) is 6.54 Å². The molecule has 0 radical (unpaired) electrons. The Balaban J connectivity index is 2.15. The van der Waals surface area contributed by atoms with Gasteiger partial charge in [0, 0.05) is 5.39 Å². The van der Waals surface area contributed by atoms with Crippen molar-refractivity contribution in [2.45, 2.75) is 13.0 Å². The van der Waals surface area contributed by atoms with Gasteiger partial charge in [-0.1, -0.05) is 18.2 Å². The maximum atomic E-state index is 11.8. The van der Waals surface area contributed by atoms with Gasteiger partial charge in [0.05, 0.1) is 17.6 Å². The SMILES string of the molecule is CC1C(=O)NC(=O)CN1c1nc2ccccc2cc1C=O. The number of hydrogen-bond acceptors (Lipinski definition) is 5. The molecule has 1 fully saturated rings. The van der Waals surface area contributed by atoms with E-state index in [0.717, 1.165) is 5.39 Å². The van der Waals surface area contributed by atoms with Crippen molar-refractivity contribution in [3.63, 3.8) is 0 Å². The summed E-state index contributed by atoms with van der Waals surface area (Å²) in [5, 5.41) is 3.10. The predicted octanol–water partition coefficient (Wildman–Crippen LogP) is 0.899. The molecule has 0 saturated carbocycles. The Morgan fingerprint density at radius 1 is 1.33 bits per heavy atom. The Hall–Kier alpha value is -2.76. The molecule has 1 aliphatic heterocycles. The lowest BCUT2D eigenvalue weighted by Crippen LogP contribution is -2.57. The van der Waals surface area contributed by atoms with E-state index in [0.29, 0.717) is 23.2 Å². The van der Waals surface area contributed by atoms with Gasteiger partial charge >= 0.3 is 0 Å². The van der Waals surface area contributed by atoms with Gasteiger partial charge in [0.15, 0.2) is 6.29 Å². The van der Waals surface area contributed by atoms with Gasteiger partial charge in [-0.25, -0.2) is 4.98 Å². The van der Waals surface area contributed by atoms with Crippen molar-refractivity contribution in [2.75, 3.05) is 11.4 Å². The number of amides is 2. The number of rotatable bonds is 2. The Kier molecular flexibility index (Phi) is 3.13. The number of benzene rings is 1. The van der Waals surface area contributed by atoms with E-state index in [4.69, 9.17) is 0 Å². The molecule has 6 nitrogen and oxygen atoms in total. The van der Waals surface area contributed by atoms with Gasteiger partial charge in [-0.05, 0) is 19.1 Å². The second-order valence-electron chi connectivity index (χ2n) is 4.93. The predicted molar refractivity (Wildman–Crippen MR) is 77.1 cm³/mol. The van der Waals surface area contributed by atoms with Crippen LogP contribution in [0.1, 0.15) is 17.3 Å².